The van der Waals surface area contributed by atoms with E-state index in [-0.39, 0.29) is 25.0 Å². The van der Waals surface area contributed by atoms with Crippen molar-refractivity contribution in [2.24, 2.45) is 5.92 Å². The number of ether oxygens (including phenoxy) is 1. The molecule has 1 aromatic rings. The van der Waals surface area contributed by atoms with Crippen LogP contribution in [0.5, 0.6) is 5.75 Å². The lowest BCUT2D eigenvalue weighted by molar-refractivity contribution is -0.0380. The van der Waals surface area contributed by atoms with Crippen molar-refractivity contribution in [3.8, 4) is 5.75 Å². The number of halogens is 3. The Hall–Kier alpha value is -1.40. The second kappa shape index (κ2) is 9.84. The second-order valence-corrected chi connectivity index (χ2v) is 10.3. The topological polar surface area (TPSA) is 32.8 Å². The first-order valence-corrected chi connectivity index (χ1v) is 12.5. The zero-order valence-corrected chi connectivity index (χ0v) is 19.9. The zero-order valence-electron chi connectivity index (χ0n) is 19.2. The normalized spacial score (nSPS) is 27.0. The fraction of sp³-hybridized carbons (Fsp3) is 0.720. The first kappa shape index (κ1) is 23.7. The Morgan fingerprint density at radius 3 is 2.44 bits per heavy atom. The summed E-state index contributed by atoms with van der Waals surface area (Å²) in [6.45, 7) is 7.30. The van der Waals surface area contributed by atoms with E-state index in [1.807, 2.05) is 13.0 Å². The van der Waals surface area contributed by atoms with Gasteiger partial charge in [0.25, 0.3) is 0 Å². The van der Waals surface area contributed by atoms with Gasteiger partial charge in [0.2, 0.25) is 5.92 Å². The highest BCUT2D eigenvalue weighted by Gasteiger charge is 2.38. The summed E-state index contributed by atoms with van der Waals surface area (Å²) >= 11 is 6.57. The first-order valence-electron chi connectivity index (χ1n) is 12.1. The van der Waals surface area contributed by atoms with Crippen molar-refractivity contribution in [2.75, 3.05) is 24.5 Å². The average Bonchev–Trinajstić information content (AvgIpc) is 2.74. The number of benzene rings is 1. The molecule has 3 fully saturated rings. The third-order valence-electron chi connectivity index (χ3n) is 7.67. The van der Waals surface area contributed by atoms with Gasteiger partial charge in [0, 0.05) is 55.9 Å². The van der Waals surface area contributed by atoms with E-state index in [9.17, 15) is 13.6 Å². The van der Waals surface area contributed by atoms with Gasteiger partial charge in [-0.15, -0.1) is 0 Å². The van der Waals surface area contributed by atoms with E-state index in [4.69, 9.17) is 16.3 Å². The van der Waals surface area contributed by atoms with Crippen LogP contribution in [0.25, 0.3) is 0 Å². The largest absolute Gasteiger partial charge is 0.490 e. The van der Waals surface area contributed by atoms with Crippen molar-refractivity contribution in [3.05, 3.63) is 22.7 Å². The summed E-state index contributed by atoms with van der Waals surface area (Å²) < 4.78 is 33.6. The number of nitrogens with zero attached hydrogens (tertiary/aromatic N) is 2. The number of carbonyl (C=O) groups is 1. The molecule has 7 heteroatoms. The third-order valence-corrected chi connectivity index (χ3v) is 8.08. The molecule has 178 valence electrons. The number of alkyl halides is 2. The number of anilines is 1. The van der Waals surface area contributed by atoms with Crippen LogP contribution in [0.4, 0.5) is 14.5 Å². The van der Waals surface area contributed by atoms with Crippen molar-refractivity contribution in [1.82, 2.24) is 4.90 Å². The maximum absolute atomic E-state index is 13.7. The predicted octanol–water partition coefficient (Wildman–Crippen LogP) is 6.20. The Labute approximate surface area is 195 Å². The van der Waals surface area contributed by atoms with Gasteiger partial charge in [-0.2, -0.15) is 0 Å². The van der Waals surface area contributed by atoms with Crippen LogP contribution in [-0.4, -0.2) is 54.9 Å². The molecule has 4 rings (SSSR count). The number of piperidine rings is 1. The molecular formula is C25H35ClF2N2O2. The lowest BCUT2D eigenvalue weighted by Gasteiger charge is -2.45. The predicted molar refractivity (Wildman–Crippen MR) is 124 cm³/mol. The second-order valence-electron chi connectivity index (χ2n) is 9.92. The van der Waals surface area contributed by atoms with Crippen LogP contribution in [-0.2, 0) is 0 Å². The Kier molecular flexibility index (Phi) is 7.30. The monoisotopic (exact) mass is 468 g/mol. The van der Waals surface area contributed by atoms with Crippen LogP contribution in [0.3, 0.4) is 0 Å². The molecule has 0 spiro atoms. The van der Waals surface area contributed by atoms with E-state index >= 15 is 0 Å². The molecule has 1 saturated heterocycles. The molecule has 2 saturated carbocycles. The Morgan fingerprint density at radius 2 is 1.84 bits per heavy atom. The van der Waals surface area contributed by atoms with Gasteiger partial charge in [-0.3, -0.25) is 4.79 Å². The smallest absolute Gasteiger partial charge is 0.248 e. The van der Waals surface area contributed by atoms with Crippen molar-refractivity contribution in [1.29, 1.82) is 0 Å². The average molecular weight is 469 g/mol. The highest BCUT2D eigenvalue weighted by molar-refractivity contribution is 6.35. The van der Waals surface area contributed by atoms with Gasteiger partial charge < -0.3 is 14.5 Å². The summed E-state index contributed by atoms with van der Waals surface area (Å²) in [5.74, 6) is -1.11. The standard InChI is InChI=1S/C25H35ClF2N2O2/c1-3-30(19-4-8-25(27,28)9-5-19)23-15-21(12-18(16-31)24(23)26)32-22-13-20(14-22)29-10-6-17(2)7-11-29/h12,15-17,19-20,22H,3-11,13-14H2,1-2H3. The summed E-state index contributed by atoms with van der Waals surface area (Å²) in [5.41, 5.74) is 1.10. The summed E-state index contributed by atoms with van der Waals surface area (Å²) in [5, 5.41) is 0.375. The fourth-order valence-corrected chi connectivity index (χ4v) is 5.71. The summed E-state index contributed by atoms with van der Waals surface area (Å²) in [6.07, 6.45) is 6.03. The molecule has 32 heavy (non-hydrogen) atoms. The molecule has 1 aliphatic heterocycles. The van der Waals surface area contributed by atoms with Crippen molar-refractivity contribution in [3.63, 3.8) is 0 Å². The Balaban J connectivity index is 1.44. The molecule has 0 radical (unpaired) electrons. The first-order chi connectivity index (χ1) is 15.3. The Morgan fingerprint density at radius 1 is 1.19 bits per heavy atom. The molecule has 3 aliphatic rings. The van der Waals surface area contributed by atoms with Crippen LogP contribution in [0.15, 0.2) is 12.1 Å². The number of likely N-dealkylation sites (tertiary alicyclic amines) is 1. The van der Waals surface area contributed by atoms with Crippen LogP contribution in [0, 0.1) is 5.92 Å². The van der Waals surface area contributed by atoms with E-state index in [2.05, 4.69) is 16.7 Å². The van der Waals surface area contributed by atoms with Crippen molar-refractivity contribution < 1.29 is 18.3 Å². The maximum atomic E-state index is 13.7. The zero-order chi connectivity index (χ0) is 22.9. The van der Waals surface area contributed by atoms with Crippen molar-refractivity contribution >= 4 is 23.6 Å². The summed E-state index contributed by atoms with van der Waals surface area (Å²) in [4.78, 5) is 16.3. The Bertz CT molecular complexity index is 797. The van der Waals surface area contributed by atoms with Gasteiger partial charge in [-0.25, -0.2) is 8.78 Å². The maximum Gasteiger partial charge on any atom is 0.248 e. The summed E-state index contributed by atoms with van der Waals surface area (Å²) in [7, 11) is 0. The SMILES string of the molecule is CCN(c1cc(OC2CC(N3CCC(C)CC3)C2)cc(C=O)c1Cl)C1CCC(F)(F)CC1. The van der Waals surface area contributed by atoms with Gasteiger partial charge in [-0.1, -0.05) is 18.5 Å². The fourth-order valence-electron chi connectivity index (χ4n) is 5.45. The number of carbonyl (C=O) groups excluding carboxylic acids is 1. The van der Waals surface area contributed by atoms with Crippen LogP contribution in [0.1, 0.15) is 75.6 Å². The minimum atomic E-state index is -2.58. The quantitative estimate of drug-likeness (QED) is 0.446. The number of aldehydes is 1. The molecule has 4 nitrogen and oxygen atoms in total. The number of rotatable bonds is 7. The van der Waals surface area contributed by atoms with Crippen LogP contribution in [0.2, 0.25) is 5.02 Å². The van der Waals surface area contributed by atoms with E-state index in [1.165, 1.54) is 25.9 Å². The molecular weight excluding hydrogens is 434 g/mol. The van der Waals surface area contributed by atoms with Crippen molar-refractivity contribution in [2.45, 2.75) is 89.3 Å². The molecule has 0 atom stereocenters. The van der Waals surface area contributed by atoms with E-state index in [0.717, 1.165) is 25.0 Å². The molecule has 0 aromatic heterocycles. The molecule has 2 aliphatic carbocycles. The minimum Gasteiger partial charge on any atom is -0.490 e. The lowest BCUT2D eigenvalue weighted by atomic mass is 9.85. The van der Waals surface area contributed by atoms with E-state index in [0.29, 0.717) is 47.5 Å². The number of hydrogen-bond donors (Lipinski definition) is 0. The highest BCUT2D eigenvalue weighted by Crippen LogP contribution is 2.41. The van der Waals surface area contributed by atoms with Crippen LogP contribution < -0.4 is 9.64 Å². The third kappa shape index (κ3) is 5.22. The molecule has 0 N–H and O–H groups in total. The van der Waals surface area contributed by atoms with E-state index < -0.39 is 5.92 Å². The van der Waals surface area contributed by atoms with Gasteiger partial charge in [0.05, 0.1) is 10.7 Å². The molecule has 1 aromatic carbocycles. The molecule has 0 amide bonds. The highest BCUT2D eigenvalue weighted by atomic mass is 35.5. The van der Waals surface area contributed by atoms with Crippen LogP contribution >= 0.6 is 11.6 Å². The molecule has 1 heterocycles. The van der Waals surface area contributed by atoms with Gasteiger partial charge in [0.15, 0.2) is 6.29 Å². The van der Waals surface area contributed by atoms with Gasteiger partial charge >= 0.3 is 0 Å². The van der Waals surface area contributed by atoms with Gasteiger partial charge in [-0.05, 0) is 57.7 Å². The minimum absolute atomic E-state index is 0.0125. The molecule has 0 bridgehead atoms. The summed E-state index contributed by atoms with van der Waals surface area (Å²) in [6, 6.07) is 4.17. The molecule has 0 unspecified atom stereocenters. The number of hydrogen-bond acceptors (Lipinski definition) is 4. The van der Waals surface area contributed by atoms with Gasteiger partial charge in [0.1, 0.15) is 11.9 Å². The lowest BCUT2D eigenvalue weighted by Crippen LogP contribution is -2.51. The van der Waals surface area contributed by atoms with E-state index in [1.54, 1.807) is 6.07 Å².